The van der Waals surface area contributed by atoms with Crippen LogP contribution in [0, 0.1) is 7.05 Å². The molecule has 0 bridgehead atoms. The van der Waals surface area contributed by atoms with E-state index >= 15 is 0 Å². The fourth-order valence-corrected chi connectivity index (χ4v) is 0.387. The van der Waals surface area contributed by atoms with Gasteiger partial charge in [-0.2, -0.15) is 0 Å². The third kappa shape index (κ3) is 2.48. The molecule has 0 aliphatic heterocycles. The number of thiocarbonyl (C=S) groups is 1. The van der Waals surface area contributed by atoms with Crippen LogP contribution in [0.1, 0.15) is 0 Å². The third-order valence-corrected chi connectivity index (χ3v) is 1.31. The standard InChI is InChI=1S/C3H6NS2/c1-4(3-5)6-2/h3H,1H2,2H3. The van der Waals surface area contributed by atoms with Crippen LogP contribution < -0.4 is 0 Å². The summed E-state index contributed by atoms with van der Waals surface area (Å²) in [6.07, 6.45) is 1.91. The van der Waals surface area contributed by atoms with Gasteiger partial charge in [0.25, 0.3) is 0 Å². The summed E-state index contributed by atoms with van der Waals surface area (Å²) in [6, 6.07) is 0. The van der Waals surface area contributed by atoms with Crippen LogP contribution in [-0.2, 0) is 0 Å². The highest BCUT2D eigenvalue weighted by Crippen LogP contribution is 1.95. The molecule has 0 amide bonds. The summed E-state index contributed by atoms with van der Waals surface area (Å²) in [5.74, 6) is 0. The summed E-state index contributed by atoms with van der Waals surface area (Å²) in [5.41, 5.74) is 1.49. The molecule has 0 spiro atoms. The number of hydrogen-bond donors (Lipinski definition) is 0. The molecule has 0 heterocycles. The van der Waals surface area contributed by atoms with Crippen LogP contribution in [0.15, 0.2) is 0 Å². The van der Waals surface area contributed by atoms with E-state index in [1.54, 1.807) is 4.31 Å². The van der Waals surface area contributed by atoms with Crippen LogP contribution in [0.5, 0.6) is 0 Å². The highest BCUT2D eigenvalue weighted by Gasteiger charge is 1.77. The van der Waals surface area contributed by atoms with E-state index in [0.717, 1.165) is 0 Å². The van der Waals surface area contributed by atoms with Crippen molar-refractivity contribution >= 4 is 29.7 Å². The highest BCUT2D eigenvalue weighted by molar-refractivity contribution is 7.97. The molecule has 1 radical (unpaired) electrons. The lowest BCUT2D eigenvalue weighted by atomic mass is 11.3. The largest absolute Gasteiger partial charge is 0.311 e. The molecule has 0 aliphatic carbocycles. The Kier molecular flexibility index (Phi) is 3.57. The van der Waals surface area contributed by atoms with Gasteiger partial charge >= 0.3 is 0 Å². The Morgan fingerprint density at radius 2 is 2.50 bits per heavy atom. The SMILES string of the molecule is [CH2]N(C=S)SC. The van der Waals surface area contributed by atoms with Crippen LogP contribution >= 0.6 is 24.2 Å². The smallest absolute Gasteiger partial charge is 0.0740 e. The first-order valence-corrected chi connectivity index (χ1v) is 3.05. The van der Waals surface area contributed by atoms with Crippen LogP contribution in [0.4, 0.5) is 0 Å². The molecule has 3 heteroatoms. The van der Waals surface area contributed by atoms with Gasteiger partial charge < -0.3 is 4.31 Å². The van der Waals surface area contributed by atoms with E-state index in [9.17, 15) is 0 Å². The van der Waals surface area contributed by atoms with Crippen molar-refractivity contribution in [2.45, 2.75) is 0 Å². The predicted molar refractivity (Wildman–Crippen MR) is 34.4 cm³/mol. The maximum Gasteiger partial charge on any atom is 0.0740 e. The molecule has 0 aliphatic rings. The summed E-state index contributed by atoms with van der Waals surface area (Å²) in [6.45, 7) is 0. The molecule has 0 aromatic carbocycles. The number of nitrogens with zero attached hydrogens (tertiary/aromatic N) is 1. The van der Waals surface area contributed by atoms with E-state index in [1.165, 1.54) is 17.4 Å². The first-order valence-electron chi connectivity index (χ1n) is 1.40. The first-order chi connectivity index (χ1) is 2.81. The molecule has 0 fully saturated rings. The van der Waals surface area contributed by atoms with Crippen molar-refractivity contribution in [2.24, 2.45) is 0 Å². The van der Waals surface area contributed by atoms with Crippen molar-refractivity contribution in [3.8, 4) is 0 Å². The summed E-state index contributed by atoms with van der Waals surface area (Å²) in [5, 5.41) is 0. The third-order valence-electron chi connectivity index (χ3n) is 0.352. The molecule has 0 aromatic rings. The van der Waals surface area contributed by atoms with Gasteiger partial charge in [0.15, 0.2) is 0 Å². The minimum absolute atomic E-state index is 1.49. The molecule has 6 heavy (non-hydrogen) atoms. The fourth-order valence-electron chi connectivity index (χ4n) is 0.0430. The molecule has 0 saturated heterocycles. The van der Waals surface area contributed by atoms with E-state index in [2.05, 4.69) is 19.3 Å². The van der Waals surface area contributed by atoms with Crippen molar-refractivity contribution in [3.63, 3.8) is 0 Å². The average Bonchev–Trinajstić information content (AvgIpc) is 1.65. The van der Waals surface area contributed by atoms with Crippen LogP contribution in [0.25, 0.3) is 0 Å². The lowest BCUT2D eigenvalue weighted by Crippen LogP contribution is -1.96. The maximum absolute atomic E-state index is 4.49. The van der Waals surface area contributed by atoms with Gasteiger partial charge in [0.2, 0.25) is 0 Å². The van der Waals surface area contributed by atoms with E-state index in [4.69, 9.17) is 0 Å². The average molecular weight is 120 g/mol. The van der Waals surface area contributed by atoms with Crippen molar-refractivity contribution in [1.29, 1.82) is 0 Å². The van der Waals surface area contributed by atoms with Crippen molar-refractivity contribution in [3.05, 3.63) is 7.05 Å². The van der Waals surface area contributed by atoms with E-state index in [-0.39, 0.29) is 0 Å². The molecule has 0 atom stereocenters. The van der Waals surface area contributed by atoms with E-state index in [1.807, 2.05) is 6.26 Å². The highest BCUT2D eigenvalue weighted by atomic mass is 32.2. The Morgan fingerprint density at radius 1 is 2.00 bits per heavy atom. The maximum atomic E-state index is 4.49. The second-order valence-electron chi connectivity index (χ2n) is 0.705. The molecule has 35 valence electrons. The van der Waals surface area contributed by atoms with Crippen molar-refractivity contribution in [2.75, 3.05) is 6.26 Å². The van der Waals surface area contributed by atoms with Gasteiger partial charge in [-0.1, -0.05) is 24.2 Å². The van der Waals surface area contributed by atoms with Crippen molar-refractivity contribution < 1.29 is 0 Å². The molecule has 0 aromatic heterocycles. The van der Waals surface area contributed by atoms with Gasteiger partial charge in [-0.15, -0.1) is 0 Å². The quantitative estimate of drug-likeness (QED) is 0.399. The lowest BCUT2D eigenvalue weighted by molar-refractivity contribution is 0.979. The Balaban J connectivity index is 2.96. The summed E-state index contributed by atoms with van der Waals surface area (Å²) in [7, 11) is 3.51. The van der Waals surface area contributed by atoms with Gasteiger partial charge in [-0.25, -0.2) is 0 Å². The summed E-state index contributed by atoms with van der Waals surface area (Å²) in [4.78, 5) is 0. The number of hydrogen-bond acceptors (Lipinski definition) is 2. The van der Waals surface area contributed by atoms with Crippen LogP contribution in [0.2, 0.25) is 0 Å². The Labute approximate surface area is 47.8 Å². The minimum atomic E-state index is 1.49. The van der Waals surface area contributed by atoms with Gasteiger partial charge in [0, 0.05) is 13.3 Å². The predicted octanol–water partition coefficient (Wildman–Crippen LogP) is 1.32. The van der Waals surface area contributed by atoms with Gasteiger partial charge in [-0.05, 0) is 0 Å². The zero-order chi connectivity index (χ0) is 4.99. The molecular formula is C3H6NS2. The molecular weight excluding hydrogens is 114 g/mol. The monoisotopic (exact) mass is 120 g/mol. The normalized spacial score (nSPS) is 7.67. The summed E-state index contributed by atoms with van der Waals surface area (Å²) < 4.78 is 1.61. The Hall–Kier alpha value is 0.240. The zero-order valence-electron chi connectivity index (χ0n) is 3.55. The summed E-state index contributed by atoms with van der Waals surface area (Å²) >= 11 is 5.98. The van der Waals surface area contributed by atoms with E-state index in [0.29, 0.717) is 0 Å². The van der Waals surface area contributed by atoms with Crippen LogP contribution in [0.3, 0.4) is 0 Å². The lowest BCUT2D eigenvalue weighted by Gasteiger charge is -2.02. The Morgan fingerprint density at radius 3 is 2.50 bits per heavy atom. The molecule has 0 rings (SSSR count). The van der Waals surface area contributed by atoms with Crippen LogP contribution in [-0.4, -0.2) is 16.1 Å². The fraction of sp³-hybridized carbons (Fsp3) is 0.333. The van der Waals surface area contributed by atoms with Crippen molar-refractivity contribution in [1.82, 2.24) is 4.31 Å². The zero-order valence-corrected chi connectivity index (χ0v) is 5.18. The molecule has 0 unspecified atom stereocenters. The molecule has 0 N–H and O–H groups in total. The molecule has 1 nitrogen and oxygen atoms in total. The second kappa shape index (κ2) is 3.43. The first kappa shape index (κ1) is 6.24. The number of rotatable bonds is 2. The Bertz CT molecular complexity index is 46.1. The minimum Gasteiger partial charge on any atom is -0.311 e. The van der Waals surface area contributed by atoms with Gasteiger partial charge in [0.1, 0.15) is 0 Å². The van der Waals surface area contributed by atoms with E-state index < -0.39 is 0 Å². The van der Waals surface area contributed by atoms with Gasteiger partial charge in [0.05, 0.1) is 5.49 Å². The van der Waals surface area contributed by atoms with Gasteiger partial charge in [-0.3, -0.25) is 0 Å². The second-order valence-corrected chi connectivity index (χ2v) is 1.75. The molecule has 0 saturated carbocycles. The topological polar surface area (TPSA) is 3.24 Å².